The minimum Gasteiger partial charge on any atom is -0.338 e. The van der Waals surface area contributed by atoms with Gasteiger partial charge in [-0.15, -0.1) is 11.3 Å². The summed E-state index contributed by atoms with van der Waals surface area (Å²) in [5.74, 6) is 0.0940. The van der Waals surface area contributed by atoms with E-state index >= 15 is 0 Å². The number of imidazole rings is 1. The number of nitrogens with zero attached hydrogens (tertiary/aromatic N) is 2. The Kier molecular flexibility index (Phi) is 5.96. The van der Waals surface area contributed by atoms with Gasteiger partial charge in [0.2, 0.25) is 5.91 Å². The number of sulfonamides is 1. The maximum atomic E-state index is 13.0. The average molecular weight is 501 g/mol. The Morgan fingerprint density at radius 2 is 2.00 bits per heavy atom. The zero-order valence-electron chi connectivity index (χ0n) is 17.5. The number of hydrogen-bond donors (Lipinski definition) is 2. The standard InChI is InChI=1S/C23H21ClN4O3S2/c24-20-10-11-21(32-20)33(30,31)28-12-4-6-16(14-28)23(29)25-17-7-3-5-15(13-17)22-26-18-8-1-2-9-19(18)27-22/h1-3,5,7-11,13,16H,4,6,12,14H2,(H,25,29)(H,26,27). The summed E-state index contributed by atoms with van der Waals surface area (Å²) in [7, 11) is -3.66. The summed E-state index contributed by atoms with van der Waals surface area (Å²) in [6.07, 6.45) is 1.25. The van der Waals surface area contributed by atoms with Crippen molar-refractivity contribution >= 4 is 55.6 Å². The molecule has 2 aromatic heterocycles. The first-order chi connectivity index (χ1) is 15.9. The highest BCUT2D eigenvalue weighted by Crippen LogP contribution is 2.31. The van der Waals surface area contributed by atoms with Gasteiger partial charge in [0.05, 0.1) is 21.3 Å². The summed E-state index contributed by atoms with van der Waals surface area (Å²) in [4.78, 5) is 20.9. The van der Waals surface area contributed by atoms with Gasteiger partial charge in [0, 0.05) is 24.3 Å². The zero-order chi connectivity index (χ0) is 23.0. The molecular weight excluding hydrogens is 480 g/mol. The predicted molar refractivity (Wildman–Crippen MR) is 131 cm³/mol. The van der Waals surface area contributed by atoms with Crippen LogP contribution in [0.4, 0.5) is 5.69 Å². The molecule has 1 unspecified atom stereocenters. The molecule has 1 saturated heterocycles. The van der Waals surface area contributed by atoms with Gasteiger partial charge in [-0.3, -0.25) is 4.79 Å². The number of hydrogen-bond acceptors (Lipinski definition) is 5. The monoisotopic (exact) mass is 500 g/mol. The molecule has 0 radical (unpaired) electrons. The quantitative estimate of drug-likeness (QED) is 0.404. The number of halogens is 1. The second-order valence-electron chi connectivity index (χ2n) is 7.93. The maximum Gasteiger partial charge on any atom is 0.252 e. The second kappa shape index (κ2) is 8.90. The van der Waals surface area contributed by atoms with Crippen molar-refractivity contribution in [1.29, 1.82) is 0 Å². The SMILES string of the molecule is O=C(Nc1cccc(-c2nc3ccccc3[nH]2)c1)C1CCCN(S(=O)(=O)c2ccc(Cl)s2)C1. The first kappa shape index (κ1) is 22.1. The Morgan fingerprint density at radius 3 is 2.79 bits per heavy atom. The van der Waals surface area contributed by atoms with E-state index in [9.17, 15) is 13.2 Å². The van der Waals surface area contributed by atoms with Gasteiger partial charge >= 0.3 is 0 Å². The van der Waals surface area contributed by atoms with Crippen molar-refractivity contribution in [2.75, 3.05) is 18.4 Å². The highest BCUT2D eigenvalue weighted by atomic mass is 35.5. The van der Waals surface area contributed by atoms with E-state index in [4.69, 9.17) is 11.6 Å². The number of amides is 1. The molecule has 0 saturated carbocycles. The largest absolute Gasteiger partial charge is 0.338 e. The molecule has 1 aliphatic rings. The highest BCUT2D eigenvalue weighted by Gasteiger charge is 2.34. The van der Waals surface area contributed by atoms with Crippen molar-refractivity contribution in [1.82, 2.24) is 14.3 Å². The third kappa shape index (κ3) is 4.54. The van der Waals surface area contributed by atoms with Crippen LogP contribution in [0.3, 0.4) is 0 Å². The second-order valence-corrected chi connectivity index (χ2v) is 11.8. The molecule has 1 fully saturated rings. The predicted octanol–water partition coefficient (Wildman–Crippen LogP) is 4.98. The van der Waals surface area contributed by atoms with E-state index in [1.807, 2.05) is 48.5 Å². The van der Waals surface area contributed by atoms with Crippen molar-refractivity contribution in [3.05, 3.63) is 65.0 Å². The van der Waals surface area contributed by atoms with Crippen LogP contribution < -0.4 is 5.32 Å². The Labute approximate surface area is 200 Å². The summed E-state index contributed by atoms with van der Waals surface area (Å²) in [6, 6.07) is 18.3. The lowest BCUT2D eigenvalue weighted by Crippen LogP contribution is -2.43. The number of carbonyl (C=O) groups excluding carboxylic acids is 1. The third-order valence-corrected chi connectivity index (χ3v) is 9.25. The van der Waals surface area contributed by atoms with Gasteiger partial charge in [0.1, 0.15) is 10.0 Å². The lowest BCUT2D eigenvalue weighted by atomic mass is 9.98. The maximum absolute atomic E-state index is 13.0. The van der Waals surface area contributed by atoms with Crippen LogP contribution in [0.1, 0.15) is 12.8 Å². The van der Waals surface area contributed by atoms with Gasteiger partial charge in [-0.2, -0.15) is 4.31 Å². The first-order valence-corrected chi connectivity index (χ1v) is 13.2. The van der Waals surface area contributed by atoms with Crippen LogP contribution in [0.25, 0.3) is 22.4 Å². The summed E-state index contributed by atoms with van der Waals surface area (Å²) in [6.45, 7) is 0.538. The van der Waals surface area contributed by atoms with E-state index < -0.39 is 15.9 Å². The first-order valence-electron chi connectivity index (χ1n) is 10.5. The molecule has 33 heavy (non-hydrogen) atoms. The van der Waals surface area contributed by atoms with E-state index in [-0.39, 0.29) is 16.7 Å². The number of carbonyl (C=O) groups is 1. The molecule has 0 spiro atoms. The van der Waals surface area contributed by atoms with Crippen molar-refractivity contribution in [3.8, 4) is 11.4 Å². The van der Waals surface area contributed by atoms with Gasteiger partial charge in [0.25, 0.3) is 10.0 Å². The van der Waals surface area contributed by atoms with Crippen molar-refractivity contribution in [2.24, 2.45) is 5.92 Å². The van der Waals surface area contributed by atoms with Gasteiger partial charge in [-0.05, 0) is 49.2 Å². The van der Waals surface area contributed by atoms with Gasteiger partial charge in [-0.25, -0.2) is 13.4 Å². The molecule has 5 rings (SSSR count). The van der Waals surface area contributed by atoms with E-state index in [0.29, 0.717) is 29.4 Å². The van der Waals surface area contributed by atoms with E-state index in [0.717, 1.165) is 33.8 Å². The molecule has 3 heterocycles. The number of para-hydroxylation sites is 2. The number of benzene rings is 2. The molecule has 1 amide bonds. The number of aromatic amines is 1. The molecule has 7 nitrogen and oxygen atoms in total. The lowest BCUT2D eigenvalue weighted by Gasteiger charge is -2.30. The van der Waals surface area contributed by atoms with Crippen LogP contribution >= 0.6 is 22.9 Å². The topological polar surface area (TPSA) is 95.2 Å². The van der Waals surface area contributed by atoms with E-state index in [1.54, 1.807) is 6.07 Å². The summed E-state index contributed by atoms with van der Waals surface area (Å²) >= 11 is 6.95. The molecule has 0 aliphatic carbocycles. The highest BCUT2D eigenvalue weighted by molar-refractivity contribution is 7.91. The van der Waals surface area contributed by atoms with Crippen molar-refractivity contribution < 1.29 is 13.2 Å². The van der Waals surface area contributed by atoms with Crippen LogP contribution in [0.2, 0.25) is 4.34 Å². The number of thiophene rings is 1. The zero-order valence-corrected chi connectivity index (χ0v) is 19.9. The van der Waals surface area contributed by atoms with Crippen LogP contribution in [-0.4, -0.2) is 41.7 Å². The van der Waals surface area contributed by atoms with Gasteiger partial charge < -0.3 is 10.3 Å². The smallest absolute Gasteiger partial charge is 0.252 e. The third-order valence-electron chi connectivity index (χ3n) is 5.69. The number of piperidine rings is 1. The Balaban J connectivity index is 1.31. The summed E-state index contributed by atoms with van der Waals surface area (Å²) < 4.78 is 27.9. The number of rotatable bonds is 5. The van der Waals surface area contributed by atoms with Crippen LogP contribution in [0.5, 0.6) is 0 Å². The van der Waals surface area contributed by atoms with Crippen LogP contribution in [0.15, 0.2) is 64.9 Å². The minimum atomic E-state index is -3.66. The molecule has 170 valence electrons. The molecule has 0 bridgehead atoms. The fraction of sp³-hybridized carbons (Fsp3) is 0.217. The van der Waals surface area contributed by atoms with Crippen molar-refractivity contribution in [2.45, 2.75) is 17.1 Å². The number of anilines is 1. The van der Waals surface area contributed by atoms with E-state index in [2.05, 4.69) is 15.3 Å². The molecule has 2 N–H and O–H groups in total. The lowest BCUT2D eigenvalue weighted by molar-refractivity contribution is -0.120. The van der Waals surface area contributed by atoms with Crippen molar-refractivity contribution in [3.63, 3.8) is 0 Å². The number of fused-ring (bicyclic) bond motifs is 1. The fourth-order valence-corrected chi connectivity index (χ4v) is 7.18. The van der Waals surface area contributed by atoms with Gasteiger partial charge in [-0.1, -0.05) is 35.9 Å². The number of nitrogens with one attached hydrogen (secondary N) is 2. The van der Waals surface area contributed by atoms with E-state index in [1.165, 1.54) is 10.4 Å². The Hall–Kier alpha value is -2.72. The average Bonchev–Trinajstić information content (AvgIpc) is 3.46. The normalized spacial score (nSPS) is 17.3. The summed E-state index contributed by atoms with van der Waals surface area (Å²) in [5, 5.41) is 2.95. The molecule has 4 aromatic rings. The molecule has 10 heteroatoms. The summed E-state index contributed by atoms with van der Waals surface area (Å²) in [5.41, 5.74) is 3.31. The molecule has 2 aromatic carbocycles. The van der Waals surface area contributed by atoms with Crippen LogP contribution in [0, 0.1) is 5.92 Å². The Bertz CT molecular complexity index is 1400. The Morgan fingerprint density at radius 1 is 1.15 bits per heavy atom. The molecule has 1 atom stereocenters. The van der Waals surface area contributed by atoms with Crippen LogP contribution in [-0.2, 0) is 14.8 Å². The number of aromatic nitrogens is 2. The number of H-pyrrole nitrogens is 1. The fourth-order valence-electron chi connectivity index (χ4n) is 4.02. The minimum absolute atomic E-state index is 0.146. The molecular formula is C23H21ClN4O3S2. The molecule has 1 aliphatic heterocycles. The van der Waals surface area contributed by atoms with Gasteiger partial charge in [0.15, 0.2) is 0 Å².